The van der Waals surface area contributed by atoms with Gasteiger partial charge in [0.25, 0.3) is 0 Å². The number of likely N-dealkylation sites (tertiary alicyclic amines) is 2. The monoisotopic (exact) mass is 281 g/mol. The Kier molecular flexibility index (Phi) is 5.88. The Morgan fingerprint density at radius 2 is 1.90 bits per heavy atom. The summed E-state index contributed by atoms with van der Waals surface area (Å²) in [5.41, 5.74) is 0.269. The van der Waals surface area contributed by atoms with Crippen LogP contribution in [0.2, 0.25) is 0 Å². The van der Waals surface area contributed by atoms with Crippen molar-refractivity contribution in [2.45, 2.75) is 64.5 Å². The first kappa shape index (κ1) is 16.3. The van der Waals surface area contributed by atoms with Crippen molar-refractivity contribution in [2.24, 2.45) is 5.92 Å². The van der Waals surface area contributed by atoms with Crippen LogP contribution in [0.4, 0.5) is 0 Å². The molecule has 0 aromatic heterocycles. The van der Waals surface area contributed by atoms with Gasteiger partial charge in [-0.15, -0.1) is 0 Å². The average molecular weight is 281 g/mol. The van der Waals surface area contributed by atoms with Gasteiger partial charge in [0.2, 0.25) is 0 Å². The molecule has 2 unspecified atom stereocenters. The van der Waals surface area contributed by atoms with E-state index in [1.165, 1.54) is 58.3 Å². The summed E-state index contributed by atoms with van der Waals surface area (Å²) in [6.45, 7) is 13.2. The highest BCUT2D eigenvalue weighted by Crippen LogP contribution is 2.29. The maximum absolute atomic E-state index is 3.59. The summed E-state index contributed by atoms with van der Waals surface area (Å²) in [5.74, 6) is 0.940. The van der Waals surface area contributed by atoms with Crippen LogP contribution >= 0.6 is 0 Å². The van der Waals surface area contributed by atoms with Crippen LogP contribution in [0, 0.1) is 5.92 Å². The third kappa shape index (κ3) is 5.01. The number of nitrogens with zero attached hydrogens (tertiary/aromatic N) is 2. The number of nitrogens with one attached hydrogen (secondary N) is 1. The van der Waals surface area contributed by atoms with E-state index >= 15 is 0 Å². The lowest BCUT2D eigenvalue weighted by Gasteiger charge is -2.46. The molecule has 2 aliphatic rings. The molecule has 0 bridgehead atoms. The Labute approximate surface area is 126 Å². The van der Waals surface area contributed by atoms with Gasteiger partial charge in [-0.3, -0.25) is 0 Å². The van der Waals surface area contributed by atoms with Crippen LogP contribution in [-0.2, 0) is 0 Å². The maximum Gasteiger partial charge on any atom is 0.0145 e. The van der Waals surface area contributed by atoms with E-state index in [4.69, 9.17) is 0 Å². The number of piperidine rings is 2. The summed E-state index contributed by atoms with van der Waals surface area (Å²) in [6, 6.07) is 0.877. The van der Waals surface area contributed by atoms with Crippen molar-refractivity contribution in [3.05, 3.63) is 0 Å². The normalized spacial score (nSPS) is 29.4. The molecule has 0 amide bonds. The highest BCUT2D eigenvalue weighted by molar-refractivity contribution is 4.89. The van der Waals surface area contributed by atoms with Crippen LogP contribution in [0.3, 0.4) is 0 Å². The number of rotatable bonds is 5. The molecule has 3 nitrogen and oxygen atoms in total. The maximum atomic E-state index is 3.59. The van der Waals surface area contributed by atoms with Crippen molar-refractivity contribution >= 4 is 0 Å². The van der Waals surface area contributed by atoms with Gasteiger partial charge in [-0.1, -0.05) is 0 Å². The molecule has 2 aliphatic heterocycles. The van der Waals surface area contributed by atoms with Crippen molar-refractivity contribution in [2.75, 3.05) is 39.8 Å². The van der Waals surface area contributed by atoms with Crippen LogP contribution in [-0.4, -0.2) is 61.2 Å². The molecule has 2 rings (SSSR count). The second kappa shape index (κ2) is 7.24. The van der Waals surface area contributed by atoms with Crippen molar-refractivity contribution in [1.82, 2.24) is 15.1 Å². The minimum Gasteiger partial charge on any atom is -0.312 e. The second-order valence-electron chi connectivity index (χ2n) is 7.92. The Bertz CT molecular complexity index is 284. The average Bonchev–Trinajstić information content (AvgIpc) is 2.37. The molecular weight excluding hydrogens is 246 g/mol. The van der Waals surface area contributed by atoms with Crippen LogP contribution in [0.15, 0.2) is 0 Å². The van der Waals surface area contributed by atoms with Gasteiger partial charge in [-0.2, -0.15) is 0 Å². The van der Waals surface area contributed by atoms with Gasteiger partial charge in [-0.25, -0.2) is 0 Å². The van der Waals surface area contributed by atoms with Gasteiger partial charge < -0.3 is 15.1 Å². The highest BCUT2D eigenvalue weighted by atomic mass is 15.2. The number of fused-ring (bicyclic) bond motifs is 1. The summed E-state index contributed by atoms with van der Waals surface area (Å²) < 4.78 is 0. The Morgan fingerprint density at radius 1 is 1.10 bits per heavy atom. The predicted octanol–water partition coefficient (Wildman–Crippen LogP) is 2.57. The van der Waals surface area contributed by atoms with E-state index in [1.807, 2.05) is 0 Å². The molecule has 0 spiro atoms. The molecule has 0 aromatic rings. The topological polar surface area (TPSA) is 18.5 Å². The molecule has 2 heterocycles. The molecule has 2 saturated heterocycles. The standard InChI is InChI=1S/C17H35N3/c1-17(2,3)18-10-5-6-12-20-13-9-16-15(14-20)8-7-11-19(16)4/h15-16,18H,5-14H2,1-4H3. The lowest BCUT2D eigenvalue weighted by molar-refractivity contribution is 0.0380. The molecule has 0 radical (unpaired) electrons. The molecule has 0 saturated carbocycles. The van der Waals surface area contributed by atoms with E-state index in [1.54, 1.807) is 0 Å². The predicted molar refractivity (Wildman–Crippen MR) is 87.2 cm³/mol. The molecule has 20 heavy (non-hydrogen) atoms. The first-order valence-electron chi connectivity index (χ1n) is 8.63. The van der Waals surface area contributed by atoms with Crippen LogP contribution in [0.1, 0.15) is 52.9 Å². The summed E-state index contributed by atoms with van der Waals surface area (Å²) in [4.78, 5) is 5.33. The molecule has 1 N–H and O–H groups in total. The van der Waals surface area contributed by atoms with E-state index in [2.05, 4.69) is 42.9 Å². The zero-order chi connectivity index (χ0) is 14.6. The number of hydrogen-bond donors (Lipinski definition) is 1. The van der Waals surface area contributed by atoms with Gasteiger partial charge in [0.1, 0.15) is 0 Å². The summed E-state index contributed by atoms with van der Waals surface area (Å²) in [5, 5.41) is 3.59. The zero-order valence-corrected chi connectivity index (χ0v) is 14.1. The van der Waals surface area contributed by atoms with E-state index in [9.17, 15) is 0 Å². The lowest BCUT2D eigenvalue weighted by Crippen LogP contribution is -2.52. The molecule has 2 fully saturated rings. The van der Waals surface area contributed by atoms with Gasteiger partial charge in [0.05, 0.1) is 0 Å². The fraction of sp³-hybridized carbons (Fsp3) is 1.00. The lowest BCUT2D eigenvalue weighted by atomic mass is 9.84. The van der Waals surface area contributed by atoms with Gasteiger partial charge in [0.15, 0.2) is 0 Å². The Hall–Kier alpha value is -0.120. The number of unbranched alkanes of at least 4 members (excludes halogenated alkanes) is 1. The van der Waals surface area contributed by atoms with Gasteiger partial charge in [0, 0.05) is 18.1 Å². The zero-order valence-electron chi connectivity index (χ0n) is 14.1. The van der Waals surface area contributed by atoms with Crippen molar-refractivity contribution < 1.29 is 0 Å². The fourth-order valence-corrected chi connectivity index (χ4v) is 3.85. The molecule has 3 heteroatoms. The van der Waals surface area contributed by atoms with Crippen molar-refractivity contribution in [3.63, 3.8) is 0 Å². The minimum atomic E-state index is 0.269. The molecule has 0 aromatic carbocycles. The summed E-state index contributed by atoms with van der Waals surface area (Å²) >= 11 is 0. The third-order valence-electron chi connectivity index (χ3n) is 4.99. The fourth-order valence-electron chi connectivity index (χ4n) is 3.85. The summed E-state index contributed by atoms with van der Waals surface area (Å²) in [7, 11) is 2.32. The minimum absolute atomic E-state index is 0.269. The number of hydrogen-bond acceptors (Lipinski definition) is 3. The summed E-state index contributed by atoms with van der Waals surface area (Å²) in [6.07, 6.45) is 6.90. The van der Waals surface area contributed by atoms with Crippen LogP contribution in [0.25, 0.3) is 0 Å². The molecular formula is C17H35N3. The van der Waals surface area contributed by atoms with E-state index in [0.29, 0.717) is 0 Å². The SMILES string of the molecule is CN1CCCC2CN(CCCCNC(C)(C)C)CCC21. The highest BCUT2D eigenvalue weighted by Gasteiger charge is 2.33. The molecule has 0 aliphatic carbocycles. The van der Waals surface area contributed by atoms with Crippen LogP contribution < -0.4 is 5.32 Å². The quantitative estimate of drug-likeness (QED) is 0.781. The largest absolute Gasteiger partial charge is 0.312 e. The van der Waals surface area contributed by atoms with Gasteiger partial charge in [-0.05, 0) is 92.0 Å². The first-order valence-corrected chi connectivity index (χ1v) is 8.63. The van der Waals surface area contributed by atoms with E-state index < -0.39 is 0 Å². The van der Waals surface area contributed by atoms with Crippen molar-refractivity contribution in [3.8, 4) is 0 Å². The van der Waals surface area contributed by atoms with Gasteiger partial charge >= 0.3 is 0 Å². The Balaban J connectivity index is 1.61. The van der Waals surface area contributed by atoms with Crippen molar-refractivity contribution in [1.29, 1.82) is 0 Å². The second-order valence-corrected chi connectivity index (χ2v) is 7.92. The smallest absolute Gasteiger partial charge is 0.0145 e. The van der Waals surface area contributed by atoms with E-state index in [-0.39, 0.29) is 5.54 Å². The molecule has 118 valence electrons. The third-order valence-corrected chi connectivity index (χ3v) is 4.99. The Morgan fingerprint density at radius 3 is 2.65 bits per heavy atom. The van der Waals surface area contributed by atoms with E-state index in [0.717, 1.165) is 18.5 Å². The molecule has 2 atom stereocenters. The van der Waals surface area contributed by atoms with Crippen LogP contribution in [0.5, 0.6) is 0 Å². The first-order chi connectivity index (χ1) is 9.46.